The zero-order valence-electron chi connectivity index (χ0n) is 17.9. The number of rotatable bonds is 7. The van der Waals surface area contributed by atoms with Crippen LogP contribution in [0.2, 0.25) is 0 Å². The van der Waals surface area contributed by atoms with Crippen LogP contribution in [0.1, 0.15) is 25.7 Å². The first-order valence-corrected chi connectivity index (χ1v) is 10.9. The average Bonchev–Trinajstić information content (AvgIpc) is 3.27. The molecule has 0 radical (unpaired) electrons. The monoisotopic (exact) mass is 434 g/mol. The van der Waals surface area contributed by atoms with E-state index in [1.54, 1.807) is 13.3 Å². The lowest BCUT2D eigenvalue weighted by Gasteiger charge is -2.29. The number of hydrogen-bond donors (Lipinski definition) is 3. The van der Waals surface area contributed by atoms with E-state index in [0.29, 0.717) is 18.4 Å². The van der Waals surface area contributed by atoms with Crippen LogP contribution in [0.15, 0.2) is 36.7 Å². The molecule has 1 aliphatic rings. The van der Waals surface area contributed by atoms with E-state index < -0.39 is 0 Å². The summed E-state index contributed by atoms with van der Waals surface area (Å²) in [6, 6.07) is 8.28. The molecule has 1 aliphatic carbocycles. The number of fused-ring (bicyclic) bond motifs is 2. The maximum absolute atomic E-state index is 8.93. The van der Waals surface area contributed by atoms with Gasteiger partial charge < -0.3 is 24.9 Å². The number of aromatic nitrogens is 5. The molecule has 0 bridgehead atoms. The fraction of sp³-hybridized carbons (Fsp3) is 0.391. The van der Waals surface area contributed by atoms with Gasteiger partial charge in [0, 0.05) is 23.2 Å². The van der Waals surface area contributed by atoms with Gasteiger partial charge >= 0.3 is 0 Å². The summed E-state index contributed by atoms with van der Waals surface area (Å²) in [6.07, 6.45) is 7.69. The molecule has 3 aromatic heterocycles. The lowest BCUT2D eigenvalue weighted by molar-refractivity contribution is 0.00719. The Morgan fingerprint density at radius 3 is 2.84 bits per heavy atom. The summed E-state index contributed by atoms with van der Waals surface area (Å²) in [5.41, 5.74) is 3.58. The topological polar surface area (TPSA) is 118 Å². The molecule has 9 heteroatoms. The van der Waals surface area contributed by atoms with Crippen LogP contribution >= 0.6 is 0 Å². The highest BCUT2D eigenvalue weighted by Crippen LogP contribution is 2.35. The van der Waals surface area contributed by atoms with Crippen molar-refractivity contribution in [3.8, 4) is 17.0 Å². The number of benzene rings is 1. The van der Waals surface area contributed by atoms with Gasteiger partial charge in [-0.3, -0.25) is 0 Å². The molecule has 1 saturated carbocycles. The highest BCUT2D eigenvalue weighted by molar-refractivity contribution is 5.99. The van der Waals surface area contributed by atoms with Gasteiger partial charge in [0.15, 0.2) is 0 Å². The lowest BCUT2D eigenvalue weighted by Crippen LogP contribution is -2.30. The summed E-state index contributed by atoms with van der Waals surface area (Å²) in [5, 5.41) is 22.3. The van der Waals surface area contributed by atoms with Crippen molar-refractivity contribution in [1.82, 2.24) is 25.1 Å². The van der Waals surface area contributed by atoms with Crippen molar-refractivity contribution in [2.75, 3.05) is 25.6 Å². The Labute approximate surface area is 185 Å². The van der Waals surface area contributed by atoms with Crippen molar-refractivity contribution in [3.63, 3.8) is 0 Å². The molecule has 0 aliphatic heterocycles. The van der Waals surface area contributed by atoms with E-state index >= 15 is 0 Å². The Morgan fingerprint density at radius 1 is 1.16 bits per heavy atom. The molecule has 3 N–H and O–H groups in total. The normalized spacial score (nSPS) is 18.8. The number of methoxy groups -OCH3 is 1. The van der Waals surface area contributed by atoms with Gasteiger partial charge in [0.05, 0.1) is 43.5 Å². The van der Waals surface area contributed by atoms with E-state index in [-0.39, 0.29) is 18.8 Å². The summed E-state index contributed by atoms with van der Waals surface area (Å²) < 4.78 is 11.3. The number of aliphatic hydroxyl groups is 1. The maximum Gasteiger partial charge on any atom is 0.228 e. The molecular weight excluding hydrogens is 408 g/mol. The number of nitrogens with one attached hydrogen (secondary N) is 2. The zero-order chi connectivity index (χ0) is 21.9. The quantitative estimate of drug-likeness (QED) is 0.405. The molecule has 9 nitrogen and oxygen atoms in total. The Bertz CT molecular complexity index is 1220. The van der Waals surface area contributed by atoms with Crippen molar-refractivity contribution in [3.05, 3.63) is 36.7 Å². The van der Waals surface area contributed by atoms with Gasteiger partial charge in [-0.25, -0.2) is 0 Å². The zero-order valence-corrected chi connectivity index (χ0v) is 17.9. The summed E-state index contributed by atoms with van der Waals surface area (Å²) in [7, 11) is 1.63. The van der Waals surface area contributed by atoms with Gasteiger partial charge in [-0.05, 0) is 49.4 Å². The maximum atomic E-state index is 8.93. The van der Waals surface area contributed by atoms with Crippen molar-refractivity contribution in [2.24, 2.45) is 0 Å². The van der Waals surface area contributed by atoms with Crippen molar-refractivity contribution in [1.29, 1.82) is 0 Å². The molecular formula is C23H26N6O3. The minimum atomic E-state index is 0.0667. The number of aliphatic hydroxyl groups excluding tert-OH is 1. The van der Waals surface area contributed by atoms with Crippen LogP contribution in [-0.4, -0.2) is 62.7 Å². The van der Waals surface area contributed by atoms with E-state index in [1.807, 2.05) is 24.4 Å². The van der Waals surface area contributed by atoms with Crippen LogP contribution in [0, 0.1) is 0 Å². The standard InChI is InChI=1S/C23H26N6O3/c1-31-22-20-18(14-2-7-19-15(12-14)8-9-25-29-19)13-24-21(20)27-23(28-22)26-16-3-5-17(6-4-16)32-11-10-30/h2,7-9,12-13,16-17,30H,3-6,10-11H2,1H3,(H2,24,26,27,28)/t16-,17-. The fourth-order valence-corrected chi connectivity index (χ4v) is 4.37. The van der Waals surface area contributed by atoms with Gasteiger partial charge in [-0.1, -0.05) is 6.07 Å². The van der Waals surface area contributed by atoms with Crippen LogP contribution in [0.25, 0.3) is 33.1 Å². The number of hydrogen-bond acceptors (Lipinski definition) is 8. The molecule has 0 amide bonds. The van der Waals surface area contributed by atoms with E-state index in [4.69, 9.17) is 19.6 Å². The summed E-state index contributed by atoms with van der Waals surface area (Å²) in [4.78, 5) is 12.6. The SMILES string of the molecule is COc1nc(N[C@H]2CC[C@H](OCCO)CC2)nc2[nH]cc(-c3ccc4nnccc4c3)c12. The van der Waals surface area contributed by atoms with Gasteiger partial charge in [-0.2, -0.15) is 20.2 Å². The van der Waals surface area contributed by atoms with Gasteiger partial charge in [0.1, 0.15) is 5.65 Å². The first-order chi connectivity index (χ1) is 15.7. The molecule has 166 valence electrons. The predicted octanol–water partition coefficient (Wildman–Crippen LogP) is 3.31. The van der Waals surface area contributed by atoms with Crippen LogP contribution in [0.5, 0.6) is 5.88 Å². The third-order valence-electron chi connectivity index (χ3n) is 5.97. The molecule has 1 aromatic carbocycles. The first-order valence-electron chi connectivity index (χ1n) is 10.9. The van der Waals surface area contributed by atoms with Gasteiger partial charge in [0.2, 0.25) is 11.8 Å². The van der Waals surface area contributed by atoms with Crippen LogP contribution in [-0.2, 0) is 4.74 Å². The molecule has 0 saturated heterocycles. The minimum Gasteiger partial charge on any atom is -0.480 e. The largest absolute Gasteiger partial charge is 0.480 e. The highest BCUT2D eigenvalue weighted by Gasteiger charge is 2.23. The number of H-pyrrole nitrogens is 1. The predicted molar refractivity (Wildman–Crippen MR) is 122 cm³/mol. The van der Waals surface area contributed by atoms with E-state index in [2.05, 4.69) is 31.5 Å². The van der Waals surface area contributed by atoms with Crippen LogP contribution in [0.3, 0.4) is 0 Å². The Kier molecular flexibility index (Phi) is 5.83. The minimum absolute atomic E-state index is 0.0667. The van der Waals surface area contributed by atoms with E-state index in [1.165, 1.54) is 0 Å². The molecule has 3 heterocycles. The van der Waals surface area contributed by atoms with E-state index in [0.717, 1.165) is 58.7 Å². The van der Waals surface area contributed by atoms with Crippen molar-refractivity contribution in [2.45, 2.75) is 37.8 Å². The second-order valence-corrected chi connectivity index (χ2v) is 8.00. The number of aromatic amines is 1. The smallest absolute Gasteiger partial charge is 0.228 e. The van der Waals surface area contributed by atoms with Gasteiger partial charge in [-0.15, -0.1) is 0 Å². The summed E-state index contributed by atoms with van der Waals surface area (Å²) in [6.45, 7) is 0.469. The fourth-order valence-electron chi connectivity index (χ4n) is 4.37. The first kappa shape index (κ1) is 20.6. The van der Waals surface area contributed by atoms with E-state index in [9.17, 15) is 0 Å². The second kappa shape index (κ2) is 9.05. The second-order valence-electron chi connectivity index (χ2n) is 8.00. The summed E-state index contributed by atoms with van der Waals surface area (Å²) in [5.74, 6) is 1.08. The molecule has 32 heavy (non-hydrogen) atoms. The average molecular weight is 435 g/mol. The number of nitrogens with zero attached hydrogens (tertiary/aromatic N) is 4. The third kappa shape index (κ3) is 4.09. The lowest BCUT2D eigenvalue weighted by atomic mass is 9.93. The molecule has 4 aromatic rings. The number of ether oxygens (including phenoxy) is 2. The third-order valence-corrected chi connectivity index (χ3v) is 5.97. The molecule has 1 fully saturated rings. The summed E-state index contributed by atoms with van der Waals surface area (Å²) >= 11 is 0. The van der Waals surface area contributed by atoms with Crippen molar-refractivity contribution >= 4 is 27.9 Å². The van der Waals surface area contributed by atoms with Crippen LogP contribution < -0.4 is 10.1 Å². The Hall–Kier alpha value is -3.30. The van der Waals surface area contributed by atoms with Gasteiger partial charge in [0.25, 0.3) is 0 Å². The number of anilines is 1. The molecule has 0 atom stereocenters. The molecule has 5 rings (SSSR count). The van der Waals surface area contributed by atoms with Crippen LogP contribution in [0.4, 0.5) is 5.95 Å². The Balaban J connectivity index is 1.39. The molecule has 0 unspecified atom stereocenters. The molecule has 0 spiro atoms. The van der Waals surface area contributed by atoms with Crippen molar-refractivity contribution < 1.29 is 14.6 Å². The highest BCUT2D eigenvalue weighted by atomic mass is 16.5. The Morgan fingerprint density at radius 2 is 2.03 bits per heavy atom.